The number of nitrogens with one attached hydrogen (secondary N) is 1. The van der Waals surface area contributed by atoms with E-state index in [0.29, 0.717) is 0 Å². The lowest BCUT2D eigenvalue weighted by Crippen LogP contribution is -2.02. The van der Waals surface area contributed by atoms with Crippen molar-refractivity contribution < 1.29 is 8.78 Å². The second kappa shape index (κ2) is 3.76. The molecule has 0 aliphatic heterocycles. The molecule has 0 saturated heterocycles. The Balaban J connectivity index is 1.89. The fourth-order valence-electron chi connectivity index (χ4n) is 1.89. The lowest BCUT2D eigenvalue weighted by Gasteiger charge is -2.01. The van der Waals surface area contributed by atoms with E-state index in [1.54, 1.807) is 25.6 Å². The van der Waals surface area contributed by atoms with E-state index in [1.165, 1.54) is 4.68 Å². The highest BCUT2D eigenvalue weighted by Gasteiger charge is 2.59. The number of alkyl halides is 2. The second-order valence-corrected chi connectivity index (χ2v) is 4.37. The van der Waals surface area contributed by atoms with Crippen molar-refractivity contribution >= 4 is 5.82 Å². The van der Waals surface area contributed by atoms with Crippen molar-refractivity contribution in [2.24, 2.45) is 0 Å². The van der Waals surface area contributed by atoms with E-state index in [-0.39, 0.29) is 6.42 Å². The molecule has 2 aromatic rings. The van der Waals surface area contributed by atoms with Gasteiger partial charge in [-0.2, -0.15) is 5.10 Å². The zero-order chi connectivity index (χ0) is 12.8. The van der Waals surface area contributed by atoms with E-state index in [0.717, 1.165) is 16.9 Å². The highest BCUT2D eigenvalue weighted by atomic mass is 19.3. The fraction of sp³-hybridized carbons (Fsp3) is 0.333. The molecule has 18 heavy (non-hydrogen) atoms. The topological polar surface area (TPSA) is 42.7 Å². The van der Waals surface area contributed by atoms with Crippen LogP contribution in [0.4, 0.5) is 14.6 Å². The zero-order valence-corrected chi connectivity index (χ0v) is 9.77. The summed E-state index contributed by atoms with van der Waals surface area (Å²) < 4.78 is 27.2. The number of pyridine rings is 1. The fourth-order valence-corrected chi connectivity index (χ4v) is 1.89. The van der Waals surface area contributed by atoms with Crippen LogP contribution >= 0.6 is 0 Å². The Morgan fingerprint density at radius 1 is 1.44 bits per heavy atom. The van der Waals surface area contributed by atoms with E-state index in [2.05, 4.69) is 15.4 Å². The van der Waals surface area contributed by atoms with Crippen LogP contribution in [0.25, 0.3) is 11.1 Å². The first-order valence-electron chi connectivity index (χ1n) is 5.66. The standard InChI is InChI=1S/C12H12F2N4/c1-15-11-4-8(2-3-16-11)9-6-17-18(7-9)10-5-12(10,13)14/h2-4,6-7,10H,5H2,1H3,(H,15,16). The third kappa shape index (κ3) is 1.83. The molecule has 0 bridgehead atoms. The summed E-state index contributed by atoms with van der Waals surface area (Å²) in [5, 5.41) is 6.94. The molecule has 3 rings (SSSR count). The Morgan fingerprint density at radius 3 is 2.89 bits per heavy atom. The van der Waals surface area contributed by atoms with Crippen LogP contribution in [0.1, 0.15) is 12.5 Å². The Morgan fingerprint density at radius 2 is 2.22 bits per heavy atom. The van der Waals surface area contributed by atoms with E-state index in [4.69, 9.17) is 0 Å². The Kier molecular flexibility index (Phi) is 2.33. The molecule has 1 aliphatic carbocycles. The van der Waals surface area contributed by atoms with Crippen molar-refractivity contribution in [3.63, 3.8) is 0 Å². The molecule has 94 valence electrons. The van der Waals surface area contributed by atoms with Crippen LogP contribution in [0.2, 0.25) is 0 Å². The molecule has 2 heterocycles. The lowest BCUT2D eigenvalue weighted by molar-refractivity contribution is 0.0983. The number of halogens is 2. The molecule has 4 nitrogen and oxygen atoms in total. The summed E-state index contributed by atoms with van der Waals surface area (Å²) in [6, 6.07) is 2.90. The van der Waals surface area contributed by atoms with Crippen molar-refractivity contribution in [1.29, 1.82) is 0 Å². The molecular formula is C12H12F2N4. The molecule has 1 fully saturated rings. The second-order valence-electron chi connectivity index (χ2n) is 4.37. The maximum absolute atomic E-state index is 12.9. The Bertz CT molecular complexity index is 579. The summed E-state index contributed by atoms with van der Waals surface area (Å²) in [4.78, 5) is 4.10. The molecule has 2 aromatic heterocycles. The minimum absolute atomic E-state index is 0.119. The molecule has 1 saturated carbocycles. The third-order valence-electron chi connectivity index (χ3n) is 3.06. The molecule has 0 spiro atoms. The van der Waals surface area contributed by atoms with Crippen molar-refractivity contribution in [3.05, 3.63) is 30.7 Å². The maximum Gasteiger partial charge on any atom is 0.272 e. The smallest absolute Gasteiger partial charge is 0.272 e. The maximum atomic E-state index is 12.9. The first kappa shape index (κ1) is 11.1. The van der Waals surface area contributed by atoms with Crippen molar-refractivity contribution in [3.8, 4) is 11.1 Å². The molecule has 1 N–H and O–H groups in total. The minimum Gasteiger partial charge on any atom is -0.373 e. The van der Waals surface area contributed by atoms with Gasteiger partial charge in [0.05, 0.1) is 6.20 Å². The number of nitrogens with zero attached hydrogens (tertiary/aromatic N) is 3. The highest BCUT2D eigenvalue weighted by molar-refractivity contribution is 5.64. The molecule has 0 amide bonds. The van der Waals surface area contributed by atoms with Gasteiger partial charge in [0.25, 0.3) is 5.92 Å². The normalized spacial score (nSPS) is 20.7. The first-order chi connectivity index (χ1) is 8.60. The van der Waals surface area contributed by atoms with Gasteiger partial charge in [0.2, 0.25) is 0 Å². The molecule has 0 aromatic carbocycles. The van der Waals surface area contributed by atoms with Gasteiger partial charge in [-0.3, -0.25) is 4.68 Å². The average molecular weight is 250 g/mol. The van der Waals surface area contributed by atoms with Gasteiger partial charge in [-0.15, -0.1) is 0 Å². The Labute approximate surface area is 103 Å². The lowest BCUT2D eigenvalue weighted by atomic mass is 10.1. The van der Waals surface area contributed by atoms with E-state index >= 15 is 0 Å². The number of rotatable bonds is 3. The average Bonchev–Trinajstić information content (AvgIpc) is 2.81. The van der Waals surface area contributed by atoms with E-state index in [1.807, 2.05) is 12.1 Å². The van der Waals surface area contributed by atoms with Crippen molar-refractivity contribution in [1.82, 2.24) is 14.8 Å². The summed E-state index contributed by atoms with van der Waals surface area (Å²) in [6.45, 7) is 0. The molecule has 0 radical (unpaired) electrons. The number of hydrogen-bond donors (Lipinski definition) is 1. The predicted octanol–water partition coefficient (Wildman–Crippen LogP) is 2.57. The predicted molar refractivity (Wildman–Crippen MR) is 63.6 cm³/mol. The molecule has 1 aliphatic rings. The monoisotopic (exact) mass is 250 g/mol. The SMILES string of the molecule is CNc1cc(-c2cnn(C3CC3(F)F)c2)ccn1. The summed E-state index contributed by atoms with van der Waals surface area (Å²) in [5.74, 6) is -1.87. The first-order valence-corrected chi connectivity index (χ1v) is 5.66. The number of aromatic nitrogens is 3. The quantitative estimate of drug-likeness (QED) is 0.910. The van der Waals surface area contributed by atoms with Gasteiger partial charge in [0.15, 0.2) is 0 Å². The highest BCUT2D eigenvalue weighted by Crippen LogP contribution is 2.52. The van der Waals surface area contributed by atoms with Crippen molar-refractivity contribution in [2.75, 3.05) is 12.4 Å². The Hall–Kier alpha value is -1.98. The van der Waals surface area contributed by atoms with Gasteiger partial charge in [-0.05, 0) is 17.7 Å². The molecule has 6 heteroatoms. The van der Waals surface area contributed by atoms with Crippen molar-refractivity contribution in [2.45, 2.75) is 18.4 Å². The minimum atomic E-state index is -2.60. The van der Waals surface area contributed by atoms with Crippen LogP contribution in [0.5, 0.6) is 0 Å². The number of anilines is 1. The summed E-state index contributed by atoms with van der Waals surface area (Å²) in [7, 11) is 1.78. The van der Waals surface area contributed by atoms with Crippen LogP contribution in [-0.2, 0) is 0 Å². The van der Waals surface area contributed by atoms with Crippen LogP contribution in [-0.4, -0.2) is 27.7 Å². The largest absolute Gasteiger partial charge is 0.373 e. The summed E-state index contributed by atoms with van der Waals surface area (Å²) in [5.41, 5.74) is 1.72. The van der Waals surface area contributed by atoms with Gasteiger partial charge in [0, 0.05) is 31.4 Å². The molecule has 1 atom stereocenters. The van der Waals surface area contributed by atoms with E-state index in [9.17, 15) is 8.78 Å². The molecule has 1 unspecified atom stereocenters. The van der Waals surface area contributed by atoms with Crippen LogP contribution in [0.3, 0.4) is 0 Å². The van der Waals surface area contributed by atoms with Crippen LogP contribution < -0.4 is 5.32 Å². The van der Waals surface area contributed by atoms with Gasteiger partial charge >= 0.3 is 0 Å². The van der Waals surface area contributed by atoms with Gasteiger partial charge in [-0.1, -0.05) is 0 Å². The van der Waals surface area contributed by atoms with Gasteiger partial charge in [0.1, 0.15) is 11.9 Å². The summed E-state index contributed by atoms with van der Waals surface area (Å²) in [6.07, 6.45) is 4.81. The van der Waals surface area contributed by atoms with Gasteiger partial charge in [-0.25, -0.2) is 13.8 Å². The van der Waals surface area contributed by atoms with E-state index < -0.39 is 12.0 Å². The zero-order valence-electron chi connectivity index (χ0n) is 9.77. The third-order valence-corrected chi connectivity index (χ3v) is 3.06. The summed E-state index contributed by atoms with van der Waals surface area (Å²) >= 11 is 0. The van der Waals surface area contributed by atoms with Gasteiger partial charge < -0.3 is 5.32 Å². The van der Waals surface area contributed by atoms with Crippen LogP contribution in [0.15, 0.2) is 30.7 Å². The number of hydrogen-bond acceptors (Lipinski definition) is 3. The van der Waals surface area contributed by atoms with Crippen LogP contribution in [0, 0.1) is 0 Å². The molecular weight excluding hydrogens is 238 g/mol.